The fourth-order valence-electron chi connectivity index (χ4n) is 3.72. The van der Waals surface area contributed by atoms with Crippen LogP contribution in [0, 0.1) is 5.82 Å². The number of pyridine rings is 1. The van der Waals surface area contributed by atoms with E-state index in [0.717, 1.165) is 24.2 Å². The second-order valence-corrected chi connectivity index (χ2v) is 9.29. The molecule has 3 aromatic rings. The Hall–Kier alpha value is -2.58. The van der Waals surface area contributed by atoms with Crippen LogP contribution in [0.15, 0.2) is 60.0 Å². The second kappa shape index (κ2) is 8.04. The van der Waals surface area contributed by atoms with Gasteiger partial charge in [-0.15, -0.1) is 0 Å². The van der Waals surface area contributed by atoms with Gasteiger partial charge in [0.25, 0.3) is 10.0 Å². The molecule has 8 heteroatoms. The molecule has 6 nitrogen and oxygen atoms in total. The minimum atomic E-state index is -3.62. The largest absolute Gasteiger partial charge is 0.339 e. The smallest absolute Gasteiger partial charge is 0.262 e. The Kier molecular flexibility index (Phi) is 5.47. The van der Waals surface area contributed by atoms with Gasteiger partial charge in [0.05, 0.1) is 6.33 Å². The van der Waals surface area contributed by atoms with Crippen molar-refractivity contribution < 1.29 is 12.8 Å². The molecule has 0 radical (unpaired) electrons. The van der Waals surface area contributed by atoms with E-state index in [-0.39, 0.29) is 16.8 Å². The number of piperidine rings is 1. The third-order valence-electron chi connectivity index (χ3n) is 5.25. The summed E-state index contributed by atoms with van der Waals surface area (Å²) in [5.74, 6) is -0.243. The van der Waals surface area contributed by atoms with Crippen LogP contribution in [0.5, 0.6) is 0 Å². The van der Waals surface area contributed by atoms with Gasteiger partial charge in [0, 0.05) is 50.1 Å². The Morgan fingerprint density at radius 2 is 2.00 bits per heavy atom. The zero-order chi connectivity index (χ0) is 20.4. The summed E-state index contributed by atoms with van der Waals surface area (Å²) in [6, 6.07) is 12.4. The number of aromatic nitrogens is 3. The molecule has 1 saturated heterocycles. The Bertz CT molecular complexity index is 1110. The van der Waals surface area contributed by atoms with Crippen molar-refractivity contribution >= 4 is 10.0 Å². The summed E-state index contributed by atoms with van der Waals surface area (Å²) in [5.41, 5.74) is 2.22. The molecule has 29 heavy (non-hydrogen) atoms. The minimum Gasteiger partial charge on any atom is -0.339 e. The van der Waals surface area contributed by atoms with E-state index in [2.05, 4.69) is 4.98 Å². The van der Waals surface area contributed by atoms with E-state index in [0.29, 0.717) is 25.1 Å². The lowest BCUT2D eigenvalue weighted by Gasteiger charge is -2.31. The van der Waals surface area contributed by atoms with E-state index in [1.165, 1.54) is 22.9 Å². The Balaban J connectivity index is 1.53. The highest BCUT2D eigenvalue weighted by molar-refractivity contribution is 7.89. The summed E-state index contributed by atoms with van der Waals surface area (Å²) in [5, 5.41) is 0.0712. The van der Waals surface area contributed by atoms with Gasteiger partial charge >= 0.3 is 0 Å². The lowest BCUT2D eigenvalue weighted by atomic mass is 9.95. The summed E-state index contributed by atoms with van der Waals surface area (Å²) in [6.45, 7) is 0.847. The molecule has 0 bridgehead atoms. The third kappa shape index (κ3) is 4.23. The van der Waals surface area contributed by atoms with Gasteiger partial charge in [-0.05, 0) is 36.6 Å². The van der Waals surface area contributed by atoms with Crippen LogP contribution in [-0.4, -0.2) is 40.3 Å². The van der Waals surface area contributed by atoms with E-state index in [9.17, 15) is 12.8 Å². The fourth-order valence-corrected chi connectivity index (χ4v) is 5.21. The Morgan fingerprint density at radius 3 is 2.76 bits per heavy atom. The van der Waals surface area contributed by atoms with Crippen LogP contribution in [0.25, 0.3) is 0 Å². The maximum absolute atomic E-state index is 14.0. The zero-order valence-electron chi connectivity index (χ0n) is 16.2. The predicted octanol–water partition coefficient (Wildman–Crippen LogP) is 3.11. The van der Waals surface area contributed by atoms with Crippen molar-refractivity contribution in [3.05, 3.63) is 77.8 Å². The maximum atomic E-state index is 14.0. The Morgan fingerprint density at radius 1 is 1.17 bits per heavy atom. The first-order chi connectivity index (χ1) is 13.9. The van der Waals surface area contributed by atoms with Crippen molar-refractivity contribution in [1.82, 2.24) is 18.8 Å². The van der Waals surface area contributed by atoms with Crippen LogP contribution in [0.4, 0.5) is 4.39 Å². The van der Waals surface area contributed by atoms with Crippen LogP contribution in [0.2, 0.25) is 0 Å². The normalized spacial score (nSPS) is 18.1. The summed E-state index contributed by atoms with van der Waals surface area (Å²) < 4.78 is 42.9. The van der Waals surface area contributed by atoms with Gasteiger partial charge in [-0.2, -0.15) is 4.31 Å². The molecule has 152 valence electrons. The highest BCUT2D eigenvalue weighted by atomic mass is 32.2. The van der Waals surface area contributed by atoms with Gasteiger partial charge in [0.15, 0.2) is 5.03 Å². The Labute approximate surface area is 170 Å². The van der Waals surface area contributed by atoms with E-state index >= 15 is 0 Å². The number of benzene rings is 1. The van der Waals surface area contributed by atoms with Crippen molar-refractivity contribution in [1.29, 1.82) is 0 Å². The first kappa shape index (κ1) is 19.7. The molecular formula is C21H23FN4O2S. The van der Waals surface area contributed by atoms with Gasteiger partial charge in [0.2, 0.25) is 0 Å². The standard InChI is InChI=1S/C21H23FN4O2S/c1-25-14-21(23-15-25)29(27,28)26-11-5-7-17(13-26)20-10-4-8-18(24-20)12-16-6-2-3-9-19(16)22/h2-4,6,8-10,14-15,17H,5,7,11-13H2,1H3/t17-/m1/s1. The number of imidazole rings is 1. The average Bonchev–Trinajstić information content (AvgIpc) is 3.17. The van der Waals surface area contributed by atoms with Crippen molar-refractivity contribution in [2.24, 2.45) is 7.05 Å². The van der Waals surface area contributed by atoms with Crippen molar-refractivity contribution in [3.63, 3.8) is 0 Å². The molecule has 3 heterocycles. The molecule has 1 aromatic carbocycles. The molecule has 0 unspecified atom stereocenters. The van der Waals surface area contributed by atoms with Gasteiger partial charge in [-0.1, -0.05) is 24.3 Å². The summed E-state index contributed by atoms with van der Waals surface area (Å²) in [6.07, 6.45) is 5.04. The molecular weight excluding hydrogens is 391 g/mol. The van der Waals surface area contributed by atoms with Crippen LogP contribution in [0.1, 0.15) is 35.7 Å². The highest BCUT2D eigenvalue weighted by Crippen LogP contribution is 2.29. The first-order valence-corrected chi connectivity index (χ1v) is 11.0. The lowest BCUT2D eigenvalue weighted by molar-refractivity contribution is 0.311. The number of aryl methyl sites for hydroxylation is 1. The number of halogens is 1. The van der Waals surface area contributed by atoms with Gasteiger partial charge < -0.3 is 4.57 Å². The summed E-state index contributed by atoms with van der Waals surface area (Å²) >= 11 is 0. The van der Waals surface area contributed by atoms with Gasteiger partial charge in [0.1, 0.15) is 5.82 Å². The zero-order valence-corrected chi connectivity index (χ0v) is 17.0. The molecule has 1 aliphatic heterocycles. The number of rotatable bonds is 5. The molecule has 1 atom stereocenters. The first-order valence-electron chi connectivity index (χ1n) is 9.61. The molecule has 0 N–H and O–H groups in total. The van der Waals surface area contributed by atoms with Crippen LogP contribution in [-0.2, 0) is 23.5 Å². The number of nitrogens with zero attached hydrogens (tertiary/aromatic N) is 4. The SMILES string of the molecule is Cn1cnc(S(=O)(=O)N2CCC[C@@H](c3cccc(Cc4ccccc4F)n3)C2)c1. The van der Waals surface area contributed by atoms with Crippen LogP contribution >= 0.6 is 0 Å². The molecule has 0 aliphatic carbocycles. The van der Waals surface area contributed by atoms with Gasteiger partial charge in [-0.3, -0.25) is 4.98 Å². The fraction of sp³-hybridized carbons (Fsp3) is 0.333. The number of sulfonamides is 1. The lowest BCUT2D eigenvalue weighted by Crippen LogP contribution is -2.39. The minimum absolute atomic E-state index is 0.00260. The molecule has 4 rings (SSSR count). The number of hydrogen-bond acceptors (Lipinski definition) is 4. The monoisotopic (exact) mass is 414 g/mol. The van der Waals surface area contributed by atoms with Crippen LogP contribution < -0.4 is 0 Å². The topological polar surface area (TPSA) is 68.1 Å². The molecule has 0 spiro atoms. The van der Waals surface area contributed by atoms with E-state index in [1.54, 1.807) is 23.7 Å². The van der Waals surface area contributed by atoms with Crippen molar-refractivity contribution in [3.8, 4) is 0 Å². The molecule has 0 amide bonds. The molecule has 1 fully saturated rings. The van der Waals surface area contributed by atoms with Crippen LogP contribution in [0.3, 0.4) is 0 Å². The third-order valence-corrected chi connectivity index (χ3v) is 7.00. The second-order valence-electron chi connectivity index (χ2n) is 7.40. The van der Waals surface area contributed by atoms with Crippen molar-refractivity contribution in [2.75, 3.05) is 13.1 Å². The molecule has 1 aliphatic rings. The summed E-state index contributed by atoms with van der Waals surface area (Å²) in [7, 11) is -1.88. The predicted molar refractivity (Wildman–Crippen MR) is 107 cm³/mol. The maximum Gasteiger partial charge on any atom is 0.262 e. The van der Waals surface area contributed by atoms with E-state index < -0.39 is 10.0 Å². The van der Waals surface area contributed by atoms with E-state index in [1.807, 2.05) is 24.3 Å². The van der Waals surface area contributed by atoms with E-state index in [4.69, 9.17) is 4.98 Å². The average molecular weight is 415 g/mol. The molecule has 0 saturated carbocycles. The van der Waals surface area contributed by atoms with Gasteiger partial charge in [-0.25, -0.2) is 17.8 Å². The highest BCUT2D eigenvalue weighted by Gasteiger charge is 2.32. The molecule has 2 aromatic heterocycles. The van der Waals surface area contributed by atoms with Crippen molar-refractivity contribution in [2.45, 2.75) is 30.2 Å². The number of hydrogen-bond donors (Lipinski definition) is 0. The quantitative estimate of drug-likeness (QED) is 0.643. The summed E-state index contributed by atoms with van der Waals surface area (Å²) in [4.78, 5) is 8.73.